The zero-order chi connectivity index (χ0) is 16.3. The standard InChI is InChI=1S/C18H24N2O3/c19-15-3-7-17(8-4-15)22-13-1-11-21-12-2-14-23-18-9-5-16(20)6-10-18/h3-10H,1-2,11-14,19-20H2. The van der Waals surface area contributed by atoms with Gasteiger partial charge in [0.2, 0.25) is 0 Å². The average molecular weight is 316 g/mol. The van der Waals surface area contributed by atoms with Crippen LogP contribution in [0.5, 0.6) is 11.5 Å². The second-order valence-corrected chi connectivity index (χ2v) is 5.15. The molecule has 0 fully saturated rings. The highest BCUT2D eigenvalue weighted by Crippen LogP contribution is 2.14. The van der Waals surface area contributed by atoms with Gasteiger partial charge in [-0.05, 0) is 48.5 Å². The van der Waals surface area contributed by atoms with Crippen molar-refractivity contribution in [2.45, 2.75) is 12.8 Å². The van der Waals surface area contributed by atoms with Crippen LogP contribution >= 0.6 is 0 Å². The largest absolute Gasteiger partial charge is 0.494 e. The van der Waals surface area contributed by atoms with Crippen LogP contribution in [0.3, 0.4) is 0 Å². The number of ether oxygens (including phenoxy) is 3. The van der Waals surface area contributed by atoms with Crippen molar-refractivity contribution < 1.29 is 14.2 Å². The molecule has 4 N–H and O–H groups in total. The number of rotatable bonds is 10. The molecule has 0 saturated carbocycles. The van der Waals surface area contributed by atoms with Crippen LogP contribution < -0.4 is 20.9 Å². The fourth-order valence-electron chi connectivity index (χ4n) is 1.93. The van der Waals surface area contributed by atoms with Crippen LogP contribution in [-0.4, -0.2) is 26.4 Å². The summed E-state index contributed by atoms with van der Waals surface area (Å²) < 4.78 is 16.7. The highest BCUT2D eigenvalue weighted by molar-refractivity contribution is 5.42. The van der Waals surface area contributed by atoms with Crippen molar-refractivity contribution in [3.8, 4) is 11.5 Å². The Morgan fingerprint density at radius 1 is 0.565 bits per heavy atom. The third-order valence-electron chi connectivity index (χ3n) is 3.16. The molecule has 0 aromatic heterocycles. The van der Waals surface area contributed by atoms with Gasteiger partial charge in [0.15, 0.2) is 0 Å². The van der Waals surface area contributed by atoms with E-state index in [1.807, 2.05) is 48.5 Å². The Bertz CT molecular complexity index is 504. The predicted octanol–water partition coefficient (Wildman–Crippen LogP) is 3.11. The van der Waals surface area contributed by atoms with E-state index in [4.69, 9.17) is 25.7 Å². The Hall–Kier alpha value is -2.40. The summed E-state index contributed by atoms with van der Waals surface area (Å²) in [6, 6.07) is 14.8. The molecule has 5 heteroatoms. The molecule has 0 spiro atoms. The first-order valence-electron chi connectivity index (χ1n) is 7.78. The predicted molar refractivity (Wildman–Crippen MR) is 92.8 cm³/mol. The van der Waals surface area contributed by atoms with Gasteiger partial charge in [0, 0.05) is 37.4 Å². The summed E-state index contributed by atoms with van der Waals surface area (Å²) in [5, 5.41) is 0. The van der Waals surface area contributed by atoms with Crippen LogP contribution in [0.15, 0.2) is 48.5 Å². The van der Waals surface area contributed by atoms with E-state index in [1.165, 1.54) is 0 Å². The van der Waals surface area contributed by atoms with Gasteiger partial charge in [-0.3, -0.25) is 0 Å². The molecule has 0 unspecified atom stereocenters. The van der Waals surface area contributed by atoms with Crippen molar-refractivity contribution in [2.24, 2.45) is 0 Å². The first-order valence-corrected chi connectivity index (χ1v) is 7.78. The Morgan fingerprint density at radius 2 is 0.957 bits per heavy atom. The van der Waals surface area contributed by atoms with Crippen LogP contribution in [0.25, 0.3) is 0 Å². The molecule has 0 atom stereocenters. The summed E-state index contributed by atoms with van der Waals surface area (Å²) >= 11 is 0. The Labute approximate surface area is 137 Å². The van der Waals surface area contributed by atoms with Crippen molar-refractivity contribution in [3.63, 3.8) is 0 Å². The summed E-state index contributed by atoms with van der Waals surface area (Å²) in [5.74, 6) is 1.66. The van der Waals surface area contributed by atoms with Crippen LogP contribution in [0, 0.1) is 0 Å². The van der Waals surface area contributed by atoms with Crippen LogP contribution in [0.2, 0.25) is 0 Å². The highest BCUT2D eigenvalue weighted by Gasteiger charge is 1.96. The highest BCUT2D eigenvalue weighted by atomic mass is 16.5. The second-order valence-electron chi connectivity index (χ2n) is 5.15. The molecule has 2 aromatic carbocycles. The second kappa shape index (κ2) is 9.58. The SMILES string of the molecule is Nc1ccc(OCCCOCCCOc2ccc(N)cc2)cc1. The quantitative estimate of drug-likeness (QED) is 0.520. The molecule has 2 aromatic rings. The van der Waals surface area contributed by atoms with Gasteiger partial charge in [0.1, 0.15) is 11.5 Å². The van der Waals surface area contributed by atoms with E-state index in [0.717, 1.165) is 35.7 Å². The maximum absolute atomic E-state index is 5.61. The molecule has 0 aliphatic heterocycles. The van der Waals surface area contributed by atoms with E-state index in [1.54, 1.807) is 0 Å². The first-order chi connectivity index (χ1) is 11.2. The fraction of sp³-hybridized carbons (Fsp3) is 0.333. The monoisotopic (exact) mass is 316 g/mol. The summed E-state index contributed by atoms with van der Waals surface area (Å²) in [7, 11) is 0. The number of anilines is 2. The topological polar surface area (TPSA) is 79.7 Å². The molecule has 5 nitrogen and oxygen atoms in total. The summed E-state index contributed by atoms with van der Waals surface area (Å²) in [6.07, 6.45) is 1.70. The summed E-state index contributed by atoms with van der Waals surface area (Å²) in [4.78, 5) is 0. The van der Waals surface area contributed by atoms with Crippen molar-refractivity contribution in [2.75, 3.05) is 37.9 Å². The van der Waals surface area contributed by atoms with Gasteiger partial charge < -0.3 is 25.7 Å². The lowest BCUT2D eigenvalue weighted by Crippen LogP contribution is -2.06. The van der Waals surface area contributed by atoms with E-state index >= 15 is 0 Å². The smallest absolute Gasteiger partial charge is 0.119 e. The lowest BCUT2D eigenvalue weighted by Gasteiger charge is -2.08. The number of hydrogen-bond acceptors (Lipinski definition) is 5. The van der Waals surface area contributed by atoms with Gasteiger partial charge >= 0.3 is 0 Å². The molecule has 0 aliphatic carbocycles. The molecule has 0 heterocycles. The molecule has 0 amide bonds. The Kier molecular flexibility index (Phi) is 7.07. The fourth-order valence-corrected chi connectivity index (χ4v) is 1.93. The van der Waals surface area contributed by atoms with Crippen molar-refractivity contribution in [3.05, 3.63) is 48.5 Å². The molecule has 0 saturated heterocycles. The maximum atomic E-state index is 5.61. The summed E-state index contributed by atoms with van der Waals surface area (Å²) in [6.45, 7) is 2.62. The van der Waals surface area contributed by atoms with E-state index in [-0.39, 0.29) is 0 Å². The lowest BCUT2D eigenvalue weighted by molar-refractivity contribution is 0.107. The van der Waals surface area contributed by atoms with E-state index < -0.39 is 0 Å². The van der Waals surface area contributed by atoms with Crippen molar-refractivity contribution in [1.29, 1.82) is 0 Å². The number of nitrogens with two attached hydrogens (primary N) is 2. The molecular weight excluding hydrogens is 292 g/mol. The van der Waals surface area contributed by atoms with Crippen LogP contribution in [0.1, 0.15) is 12.8 Å². The normalized spacial score (nSPS) is 10.4. The van der Waals surface area contributed by atoms with E-state index in [0.29, 0.717) is 26.4 Å². The van der Waals surface area contributed by atoms with Gasteiger partial charge in [-0.2, -0.15) is 0 Å². The zero-order valence-electron chi connectivity index (χ0n) is 13.2. The Morgan fingerprint density at radius 3 is 1.35 bits per heavy atom. The van der Waals surface area contributed by atoms with Gasteiger partial charge in [-0.25, -0.2) is 0 Å². The molecule has 0 radical (unpaired) electrons. The first kappa shape index (κ1) is 17.0. The molecule has 2 rings (SSSR count). The summed E-state index contributed by atoms with van der Waals surface area (Å²) in [5.41, 5.74) is 12.7. The number of hydrogen-bond donors (Lipinski definition) is 2. The molecular formula is C18H24N2O3. The van der Waals surface area contributed by atoms with Crippen molar-refractivity contribution in [1.82, 2.24) is 0 Å². The Balaban J connectivity index is 1.43. The number of nitrogen functional groups attached to an aromatic ring is 2. The molecule has 0 bridgehead atoms. The number of benzene rings is 2. The minimum absolute atomic E-state index is 0.631. The van der Waals surface area contributed by atoms with Gasteiger partial charge in [0.05, 0.1) is 13.2 Å². The molecule has 0 aliphatic rings. The minimum atomic E-state index is 0.631. The molecule has 23 heavy (non-hydrogen) atoms. The third kappa shape index (κ3) is 6.93. The average Bonchev–Trinajstić information content (AvgIpc) is 2.56. The maximum Gasteiger partial charge on any atom is 0.119 e. The van der Waals surface area contributed by atoms with Crippen LogP contribution in [-0.2, 0) is 4.74 Å². The van der Waals surface area contributed by atoms with Crippen molar-refractivity contribution >= 4 is 11.4 Å². The third-order valence-corrected chi connectivity index (χ3v) is 3.16. The van der Waals surface area contributed by atoms with Gasteiger partial charge in [-0.1, -0.05) is 0 Å². The van der Waals surface area contributed by atoms with E-state index in [9.17, 15) is 0 Å². The zero-order valence-corrected chi connectivity index (χ0v) is 13.2. The lowest BCUT2D eigenvalue weighted by atomic mass is 10.3. The van der Waals surface area contributed by atoms with Crippen LogP contribution in [0.4, 0.5) is 11.4 Å². The molecule has 124 valence electrons. The van der Waals surface area contributed by atoms with Gasteiger partial charge in [-0.15, -0.1) is 0 Å². The minimum Gasteiger partial charge on any atom is -0.494 e. The van der Waals surface area contributed by atoms with Gasteiger partial charge in [0.25, 0.3) is 0 Å². The van der Waals surface area contributed by atoms with E-state index in [2.05, 4.69) is 0 Å².